The summed E-state index contributed by atoms with van der Waals surface area (Å²) < 4.78 is 11.0. The van der Waals surface area contributed by atoms with E-state index in [4.69, 9.17) is 9.15 Å². The molecule has 1 aliphatic heterocycles. The average Bonchev–Trinajstić information content (AvgIpc) is 3.44. The molecule has 196 valence electrons. The molecule has 0 spiro atoms. The zero-order chi connectivity index (χ0) is 25.9. The number of urea groups is 1. The normalized spacial score (nSPS) is 13.8. The van der Waals surface area contributed by atoms with Gasteiger partial charge in [-0.05, 0) is 43.2 Å². The number of aryl methyl sites for hydroxylation is 1. The highest BCUT2D eigenvalue weighted by Crippen LogP contribution is 2.12. The molecule has 0 unspecified atom stereocenters. The second-order valence-corrected chi connectivity index (χ2v) is 9.30. The Hall–Kier alpha value is -3.62. The molecule has 2 aromatic carbocycles. The lowest BCUT2D eigenvalue weighted by atomic mass is 10.1. The number of carbonyl (C=O) groups excluding carboxylic acids is 2. The second kappa shape index (κ2) is 13.6. The van der Waals surface area contributed by atoms with E-state index >= 15 is 0 Å². The standard InChI is InChI=1S/C29H36N4O4/c1-24-9-11-26(12-10-24)30-29(35)33(16-15-31-17-20-36-21-18-31)23-28(34)32(22-27-8-5-19-37-27)14-13-25-6-3-2-4-7-25/h2-12,19H,13-18,20-23H2,1H3,(H,30,35). The Morgan fingerprint density at radius 1 is 0.919 bits per heavy atom. The lowest BCUT2D eigenvalue weighted by Crippen LogP contribution is -2.48. The van der Waals surface area contributed by atoms with Gasteiger partial charge in [-0.3, -0.25) is 9.69 Å². The Morgan fingerprint density at radius 3 is 2.38 bits per heavy atom. The van der Waals surface area contributed by atoms with E-state index in [1.54, 1.807) is 16.1 Å². The zero-order valence-corrected chi connectivity index (χ0v) is 21.5. The molecule has 8 heteroatoms. The highest BCUT2D eigenvalue weighted by Gasteiger charge is 2.23. The minimum absolute atomic E-state index is 0.0163. The van der Waals surface area contributed by atoms with Crippen LogP contribution in [0.3, 0.4) is 0 Å². The van der Waals surface area contributed by atoms with Crippen molar-refractivity contribution in [3.63, 3.8) is 0 Å². The van der Waals surface area contributed by atoms with Crippen molar-refractivity contribution in [2.24, 2.45) is 0 Å². The summed E-state index contributed by atoms with van der Waals surface area (Å²) in [5.74, 6) is 0.596. The van der Waals surface area contributed by atoms with Crippen LogP contribution in [0, 0.1) is 6.92 Å². The van der Waals surface area contributed by atoms with Crippen LogP contribution in [0.2, 0.25) is 0 Å². The number of nitrogens with zero attached hydrogens (tertiary/aromatic N) is 3. The number of amides is 3. The summed E-state index contributed by atoms with van der Waals surface area (Å²) in [7, 11) is 0. The number of hydrogen-bond donors (Lipinski definition) is 1. The van der Waals surface area contributed by atoms with Gasteiger partial charge in [0.1, 0.15) is 12.3 Å². The summed E-state index contributed by atoms with van der Waals surface area (Å²) in [6.07, 6.45) is 2.33. The zero-order valence-electron chi connectivity index (χ0n) is 21.5. The largest absolute Gasteiger partial charge is 0.467 e. The summed E-state index contributed by atoms with van der Waals surface area (Å²) in [6, 6.07) is 21.1. The Labute approximate surface area is 218 Å². The van der Waals surface area contributed by atoms with Crippen molar-refractivity contribution in [3.05, 3.63) is 89.9 Å². The molecule has 0 saturated carbocycles. The van der Waals surface area contributed by atoms with Crippen LogP contribution >= 0.6 is 0 Å². The van der Waals surface area contributed by atoms with Crippen LogP contribution in [0.1, 0.15) is 16.9 Å². The van der Waals surface area contributed by atoms with E-state index in [1.165, 1.54) is 0 Å². The maximum absolute atomic E-state index is 13.6. The third-order valence-corrected chi connectivity index (χ3v) is 6.50. The van der Waals surface area contributed by atoms with Gasteiger partial charge in [0.15, 0.2) is 0 Å². The van der Waals surface area contributed by atoms with Gasteiger partial charge in [-0.15, -0.1) is 0 Å². The van der Waals surface area contributed by atoms with E-state index in [9.17, 15) is 9.59 Å². The van der Waals surface area contributed by atoms with Gasteiger partial charge in [-0.2, -0.15) is 0 Å². The fraction of sp³-hybridized carbons (Fsp3) is 0.379. The van der Waals surface area contributed by atoms with Gasteiger partial charge in [0.25, 0.3) is 0 Å². The monoisotopic (exact) mass is 504 g/mol. The van der Waals surface area contributed by atoms with Gasteiger partial charge in [0.2, 0.25) is 5.91 Å². The maximum Gasteiger partial charge on any atom is 0.322 e. The average molecular weight is 505 g/mol. The Kier molecular flexibility index (Phi) is 9.74. The summed E-state index contributed by atoms with van der Waals surface area (Å²) in [4.78, 5) is 32.5. The van der Waals surface area contributed by atoms with E-state index in [0.717, 1.165) is 30.6 Å². The topological polar surface area (TPSA) is 78.3 Å². The Balaban J connectivity index is 1.45. The third kappa shape index (κ3) is 8.48. The van der Waals surface area contributed by atoms with E-state index < -0.39 is 0 Å². The molecule has 1 N–H and O–H groups in total. The van der Waals surface area contributed by atoms with Gasteiger partial charge in [-0.25, -0.2) is 4.79 Å². The lowest BCUT2D eigenvalue weighted by molar-refractivity contribution is -0.132. The first-order valence-electron chi connectivity index (χ1n) is 12.8. The SMILES string of the molecule is Cc1ccc(NC(=O)N(CCN2CCOCC2)CC(=O)N(CCc2ccccc2)Cc2ccco2)cc1. The van der Waals surface area contributed by atoms with Crippen molar-refractivity contribution in [3.8, 4) is 0 Å². The molecule has 1 saturated heterocycles. The van der Waals surface area contributed by atoms with Crippen LogP contribution in [-0.2, 0) is 22.5 Å². The van der Waals surface area contributed by atoms with Crippen LogP contribution in [0.5, 0.6) is 0 Å². The molecule has 8 nitrogen and oxygen atoms in total. The quantitative estimate of drug-likeness (QED) is 0.427. The van der Waals surface area contributed by atoms with Crippen molar-refractivity contribution >= 4 is 17.6 Å². The molecule has 1 aromatic heterocycles. The Bertz CT molecular complexity index is 1100. The number of morpholine rings is 1. The third-order valence-electron chi connectivity index (χ3n) is 6.50. The Morgan fingerprint density at radius 2 is 1.68 bits per heavy atom. The molecule has 3 amide bonds. The number of benzene rings is 2. The maximum atomic E-state index is 13.6. The molecule has 0 aliphatic carbocycles. The molecule has 1 fully saturated rings. The van der Waals surface area contributed by atoms with E-state index in [0.29, 0.717) is 50.8 Å². The first-order chi connectivity index (χ1) is 18.1. The van der Waals surface area contributed by atoms with Crippen molar-refractivity contribution in [2.75, 3.05) is 57.8 Å². The second-order valence-electron chi connectivity index (χ2n) is 9.30. The molecule has 0 atom stereocenters. The fourth-order valence-corrected chi connectivity index (χ4v) is 4.23. The lowest BCUT2D eigenvalue weighted by Gasteiger charge is -2.31. The number of nitrogens with one attached hydrogen (secondary N) is 1. The summed E-state index contributed by atoms with van der Waals surface area (Å²) in [5, 5.41) is 2.96. The van der Waals surface area contributed by atoms with Crippen molar-refractivity contribution in [1.82, 2.24) is 14.7 Å². The molecule has 0 radical (unpaired) electrons. The first-order valence-corrected chi connectivity index (χ1v) is 12.8. The first kappa shape index (κ1) is 26.4. The minimum atomic E-state index is -0.286. The predicted octanol–water partition coefficient (Wildman–Crippen LogP) is 4.03. The molecule has 2 heterocycles. The van der Waals surface area contributed by atoms with Gasteiger partial charge in [0.05, 0.1) is 26.0 Å². The van der Waals surface area contributed by atoms with Gasteiger partial charge >= 0.3 is 6.03 Å². The van der Waals surface area contributed by atoms with Crippen molar-refractivity contribution in [1.29, 1.82) is 0 Å². The summed E-state index contributed by atoms with van der Waals surface area (Å²) in [5.41, 5.74) is 2.97. The molecule has 3 aromatic rings. The predicted molar refractivity (Wildman–Crippen MR) is 143 cm³/mol. The minimum Gasteiger partial charge on any atom is -0.467 e. The molecular weight excluding hydrogens is 468 g/mol. The van der Waals surface area contributed by atoms with Crippen LogP contribution < -0.4 is 5.32 Å². The van der Waals surface area contributed by atoms with Crippen LogP contribution in [0.4, 0.5) is 10.5 Å². The van der Waals surface area contributed by atoms with Crippen LogP contribution in [0.15, 0.2) is 77.4 Å². The molecule has 1 aliphatic rings. The fourth-order valence-electron chi connectivity index (χ4n) is 4.23. The molecular formula is C29H36N4O4. The number of anilines is 1. The van der Waals surface area contributed by atoms with Gasteiger partial charge in [0, 0.05) is 38.4 Å². The number of carbonyl (C=O) groups is 2. The molecule has 37 heavy (non-hydrogen) atoms. The van der Waals surface area contributed by atoms with Gasteiger partial charge in [-0.1, -0.05) is 48.0 Å². The van der Waals surface area contributed by atoms with Crippen molar-refractivity contribution in [2.45, 2.75) is 19.9 Å². The smallest absolute Gasteiger partial charge is 0.322 e. The molecule has 0 bridgehead atoms. The van der Waals surface area contributed by atoms with E-state index in [2.05, 4.69) is 22.3 Å². The number of rotatable bonds is 11. The van der Waals surface area contributed by atoms with Gasteiger partial charge < -0.3 is 24.3 Å². The van der Waals surface area contributed by atoms with E-state index in [-0.39, 0.29) is 18.5 Å². The summed E-state index contributed by atoms with van der Waals surface area (Å²) in [6.45, 7) is 7.01. The van der Waals surface area contributed by atoms with E-state index in [1.807, 2.05) is 61.5 Å². The summed E-state index contributed by atoms with van der Waals surface area (Å²) >= 11 is 0. The number of hydrogen-bond acceptors (Lipinski definition) is 5. The number of furan rings is 1. The molecule has 4 rings (SSSR count). The van der Waals surface area contributed by atoms with Crippen molar-refractivity contribution < 1.29 is 18.7 Å². The van der Waals surface area contributed by atoms with Crippen LogP contribution in [-0.4, -0.2) is 79.1 Å². The van der Waals surface area contributed by atoms with Crippen LogP contribution in [0.25, 0.3) is 0 Å². The highest BCUT2D eigenvalue weighted by molar-refractivity contribution is 5.92. The highest BCUT2D eigenvalue weighted by atomic mass is 16.5. The number of ether oxygens (including phenoxy) is 1.